The number of fused-ring (bicyclic) bond motifs is 12. The van der Waals surface area contributed by atoms with E-state index in [0.717, 1.165) is 11.1 Å². The minimum Gasteiger partial charge on any atom is -0.246 e. The third-order valence-corrected chi connectivity index (χ3v) is 9.41. The van der Waals surface area contributed by atoms with Gasteiger partial charge in [-0.2, -0.15) is 5.26 Å². The van der Waals surface area contributed by atoms with E-state index in [1.165, 1.54) is 66.4 Å². The van der Waals surface area contributed by atoms with E-state index in [2.05, 4.69) is 138 Å². The molecule has 9 rings (SSSR count). The summed E-state index contributed by atoms with van der Waals surface area (Å²) in [6.45, 7) is 0. The van der Waals surface area contributed by atoms with E-state index in [-0.39, 0.29) is 5.41 Å². The summed E-state index contributed by atoms with van der Waals surface area (Å²) >= 11 is 0. The van der Waals surface area contributed by atoms with E-state index in [9.17, 15) is 5.26 Å². The number of hydrogen-bond donors (Lipinski definition) is 0. The highest BCUT2D eigenvalue weighted by Crippen LogP contribution is 2.64. The van der Waals surface area contributed by atoms with Crippen LogP contribution < -0.4 is 0 Å². The number of nitrogens with zero attached hydrogens (tertiary/aromatic N) is 2. The maximum atomic E-state index is 9.34. The molecule has 2 nitrogen and oxygen atoms in total. The molecular weight excluding hydrogens is 520 g/mol. The summed E-state index contributed by atoms with van der Waals surface area (Å²) in [5.41, 5.74) is 15.2. The molecule has 0 fully saturated rings. The summed E-state index contributed by atoms with van der Waals surface area (Å²) < 4.78 is 0. The van der Waals surface area contributed by atoms with Crippen LogP contribution in [-0.4, -0.2) is 4.98 Å². The lowest BCUT2D eigenvalue weighted by molar-refractivity contribution is 0.794. The zero-order valence-electron chi connectivity index (χ0n) is 23.3. The molecule has 2 heteroatoms. The third-order valence-electron chi connectivity index (χ3n) is 9.41. The summed E-state index contributed by atoms with van der Waals surface area (Å²) in [6.07, 6.45) is 1.70. The zero-order valence-corrected chi connectivity index (χ0v) is 23.3. The molecule has 2 aliphatic carbocycles. The van der Waals surface area contributed by atoms with Crippen molar-refractivity contribution in [3.63, 3.8) is 0 Å². The average molecular weight is 545 g/mol. The molecule has 1 heterocycles. The molecule has 0 unspecified atom stereocenters. The van der Waals surface area contributed by atoms with E-state index in [4.69, 9.17) is 0 Å². The van der Waals surface area contributed by atoms with Gasteiger partial charge in [-0.3, -0.25) is 0 Å². The number of aromatic nitrogens is 1. The fourth-order valence-corrected chi connectivity index (χ4v) is 7.70. The fraction of sp³-hybridized carbons (Fsp3) is 0.0244. The minimum absolute atomic E-state index is 0.386. The topological polar surface area (TPSA) is 36.7 Å². The normalized spacial score (nSPS) is 13.3. The molecule has 7 aromatic rings. The summed E-state index contributed by atoms with van der Waals surface area (Å²) in [7, 11) is 0. The first-order valence-electron chi connectivity index (χ1n) is 14.6. The standard InChI is InChI=1S/C41H24N2/c42-25-29-23-28(21-22-43-29)26-17-19-27(20-18-26)35-24-39-40(33-12-2-1-9-30(33)35)34-13-5-8-16-38(34)41(39)36-14-6-3-10-31(36)32-11-4-7-15-37(32)41/h1-24H. The summed E-state index contributed by atoms with van der Waals surface area (Å²) in [4.78, 5) is 4.14. The van der Waals surface area contributed by atoms with Crippen LogP contribution in [0.3, 0.4) is 0 Å². The van der Waals surface area contributed by atoms with Crippen LogP contribution >= 0.6 is 0 Å². The molecule has 1 spiro atoms. The van der Waals surface area contributed by atoms with Crippen LogP contribution in [0.15, 0.2) is 146 Å². The molecule has 0 saturated carbocycles. The van der Waals surface area contributed by atoms with Gasteiger partial charge < -0.3 is 0 Å². The molecule has 0 amide bonds. The van der Waals surface area contributed by atoms with Crippen LogP contribution in [0.4, 0.5) is 0 Å². The highest BCUT2D eigenvalue weighted by atomic mass is 14.7. The Bertz CT molecular complexity index is 2260. The first kappa shape index (κ1) is 23.9. The van der Waals surface area contributed by atoms with Crippen LogP contribution in [0.1, 0.15) is 27.9 Å². The van der Waals surface area contributed by atoms with Crippen molar-refractivity contribution in [2.75, 3.05) is 0 Å². The van der Waals surface area contributed by atoms with Gasteiger partial charge in [-0.05, 0) is 95.7 Å². The number of hydrogen-bond acceptors (Lipinski definition) is 2. The smallest absolute Gasteiger partial charge is 0.141 e. The Morgan fingerprint density at radius 1 is 0.465 bits per heavy atom. The van der Waals surface area contributed by atoms with Crippen LogP contribution in [-0.2, 0) is 5.41 Å². The van der Waals surface area contributed by atoms with Gasteiger partial charge >= 0.3 is 0 Å². The SMILES string of the molecule is N#Cc1cc(-c2ccc(-c3cc4c(c5ccccc35)-c3ccccc3C43c4ccccc4-c4ccccc43)cc2)ccn1. The van der Waals surface area contributed by atoms with Gasteiger partial charge in [-0.15, -0.1) is 0 Å². The Labute approximate surface area is 250 Å². The molecule has 2 aliphatic rings. The second-order valence-corrected chi connectivity index (χ2v) is 11.4. The molecule has 43 heavy (non-hydrogen) atoms. The van der Waals surface area contributed by atoms with Gasteiger partial charge in [0, 0.05) is 6.20 Å². The fourth-order valence-electron chi connectivity index (χ4n) is 7.70. The predicted octanol–water partition coefficient (Wildman–Crippen LogP) is 9.78. The van der Waals surface area contributed by atoms with Gasteiger partial charge in [0.25, 0.3) is 0 Å². The van der Waals surface area contributed by atoms with E-state index < -0.39 is 0 Å². The Balaban J connectivity index is 1.35. The molecule has 198 valence electrons. The van der Waals surface area contributed by atoms with Gasteiger partial charge in [0.05, 0.1) is 5.41 Å². The van der Waals surface area contributed by atoms with Crippen molar-refractivity contribution < 1.29 is 0 Å². The van der Waals surface area contributed by atoms with Crippen LogP contribution in [0.5, 0.6) is 0 Å². The van der Waals surface area contributed by atoms with Crippen molar-refractivity contribution in [2.24, 2.45) is 0 Å². The Kier molecular flexibility index (Phi) is 4.92. The molecule has 0 radical (unpaired) electrons. The maximum Gasteiger partial charge on any atom is 0.141 e. The Morgan fingerprint density at radius 2 is 1.02 bits per heavy atom. The Hall–Kier alpha value is -5.78. The van der Waals surface area contributed by atoms with E-state index in [1.54, 1.807) is 6.20 Å². The average Bonchev–Trinajstić information content (AvgIpc) is 3.55. The van der Waals surface area contributed by atoms with E-state index in [0.29, 0.717) is 5.69 Å². The lowest BCUT2D eigenvalue weighted by atomic mass is 9.70. The molecule has 0 atom stereocenters. The molecule has 1 aromatic heterocycles. The number of rotatable bonds is 2. The van der Waals surface area contributed by atoms with Gasteiger partial charge in [0.15, 0.2) is 0 Å². The monoisotopic (exact) mass is 544 g/mol. The van der Waals surface area contributed by atoms with Crippen LogP contribution in [0, 0.1) is 11.3 Å². The molecule has 0 saturated heterocycles. The molecule has 0 N–H and O–H groups in total. The van der Waals surface area contributed by atoms with Gasteiger partial charge in [-0.1, -0.05) is 121 Å². The largest absolute Gasteiger partial charge is 0.246 e. The molecule has 0 bridgehead atoms. The summed E-state index contributed by atoms with van der Waals surface area (Å²) in [5, 5.41) is 11.9. The van der Waals surface area contributed by atoms with Crippen LogP contribution in [0.25, 0.3) is 55.3 Å². The van der Waals surface area contributed by atoms with E-state index in [1.807, 2.05) is 12.1 Å². The first-order valence-corrected chi connectivity index (χ1v) is 14.6. The predicted molar refractivity (Wildman–Crippen MR) is 174 cm³/mol. The van der Waals surface area contributed by atoms with Gasteiger partial charge in [0.2, 0.25) is 0 Å². The number of pyridine rings is 1. The molecular formula is C41H24N2. The van der Waals surface area contributed by atoms with Crippen molar-refractivity contribution in [3.05, 3.63) is 174 Å². The highest BCUT2D eigenvalue weighted by molar-refractivity contribution is 6.11. The second-order valence-electron chi connectivity index (χ2n) is 11.4. The maximum absolute atomic E-state index is 9.34. The van der Waals surface area contributed by atoms with Crippen molar-refractivity contribution in [2.45, 2.75) is 5.41 Å². The highest BCUT2D eigenvalue weighted by Gasteiger charge is 2.52. The molecule has 6 aromatic carbocycles. The quantitative estimate of drug-likeness (QED) is 0.217. The van der Waals surface area contributed by atoms with Crippen molar-refractivity contribution >= 4 is 10.8 Å². The number of nitriles is 1. The summed E-state index contributed by atoms with van der Waals surface area (Å²) in [5.74, 6) is 0. The van der Waals surface area contributed by atoms with Gasteiger partial charge in [-0.25, -0.2) is 4.98 Å². The lowest BCUT2D eigenvalue weighted by Crippen LogP contribution is -2.25. The first-order chi connectivity index (χ1) is 21.3. The lowest BCUT2D eigenvalue weighted by Gasteiger charge is -2.31. The third kappa shape index (κ3) is 3.14. The minimum atomic E-state index is -0.386. The zero-order chi connectivity index (χ0) is 28.5. The van der Waals surface area contributed by atoms with Crippen molar-refractivity contribution in [1.29, 1.82) is 5.26 Å². The van der Waals surface area contributed by atoms with E-state index >= 15 is 0 Å². The second kappa shape index (κ2) is 8.86. The van der Waals surface area contributed by atoms with Gasteiger partial charge in [0.1, 0.15) is 11.8 Å². The van der Waals surface area contributed by atoms with Crippen molar-refractivity contribution in [1.82, 2.24) is 4.98 Å². The van der Waals surface area contributed by atoms with Crippen molar-refractivity contribution in [3.8, 4) is 50.6 Å². The van der Waals surface area contributed by atoms with Crippen LogP contribution in [0.2, 0.25) is 0 Å². The number of benzene rings is 6. The summed E-state index contributed by atoms with van der Waals surface area (Å²) in [6, 6.07) is 52.9. The molecule has 0 aliphatic heterocycles. The Morgan fingerprint density at radius 3 is 1.70 bits per heavy atom.